The van der Waals surface area contributed by atoms with Gasteiger partial charge in [0.15, 0.2) is 23.1 Å². The van der Waals surface area contributed by atoms with Crippen LogP contribution in [0.2, 0.25) is 0 Å². The van der Waals surface area contributed by atoms with Crippen molar-refractivity contribution in [3.05, 3.63) is 129 Å². The van der Waals surface area contributed by atoms with Gasteiger partial charge in [-0.2, -0.15) is 0 Å². The van der Waals surface area contributed by atoms with Crippen LogP contribution in [0.4, 0.5) is 9.59 Å². The van der Waals surface area contributed by atoms with Crippen LogP contribution >= 0.6 is 0 Å². The molecule has 2 aliphatic rings. The van der Waals surface area contributed by atoms with Gasteiger partial charge in [0.2, 0.25) is 0 Å². The van der Waals surface area contributed by atoms with E-state index in [0.29, 0.717) is 38.5 Å². The Hall–Kier alpha value is -6.96. The van der Waals surface area contributed by atoms with Crippen LogP contribution in [0.25, 0.3) is 0 Å². The highest BCUT2D eigenvalue weighted by molar-refractivity contribution is 6.18. The first-order valence-electron chi connectivity index (χ1n) is 23.8. The second-order valence-electron chi connectivity index (χ2n) is 17.1. The summed E-state index contributed by atoms with van der Waals surface area (Å²) in [5, 5.41) is 0. The molecule has 0 unspecified atom stereocenters. The topological polar surface area (TPSA) is 192 Å². The Labute approximate surface area is 395 Å². The third-order valence-electron chi connectivity index (χ3n) is 12.1. The van der Waals surface area contributed by atoms with Crippen LogP contribution in [0.15, 0.2) is 84.9 Å². The Balaban J connectivity index is 1.21. The third-order valence-corrected chi connectivity index (χ3v) is 12.1. The average Bonchev–Trinajstić information content (AvgIpc) is 3.32. The van der Waals surface area contributed by atoms with E-state index in [2.05, 4.69) is 13.8 Å². The molecule has 14 heteroatoms. The zero-order valence-corrected chi connectivity index (χ0v) is 38.7. The lowest BCUT2D eigenvalue weighted by Gasteiger charge is -2.24. The number of Topliss-reactive ketones (excluding diaryl/α,β-unsaturated/α-hetero) is 2. The van der Waals surface area contributed by atoms with Gasteiger partial charge in [0.1, 0.15) is 23.7 Å². The van der Waals surface area contributed by atoms with E-state index < -0.39 is 35.8 Å². The van der Waals surface area contributed by atoms with Crippen molar-refractivity contribution in [3.63, 3.8) is 0 Å². The summed E-state index contributed by atoms with van der Waals surface area (Å²) < 4.78 is 21.7. The van der Waals surface area contributed by atoms with Crippen molar-refractivity contribution in [3.8, 4) is 11.5 Å². The normalized spacial score (nSPS) is 13.3. The molecule has 0 amide bonds. The lowest BCUT2D eigenvalue weighted by molar-refractivity contribution is -0.187. The molecule has 0 radical (unpaired) electrons. The number of carbonyl (C=O) groups excluding carboxylic acids is 8. The van der Waals surface area contributed by atoms with Gasteiger partial charge in [0.25, 0.3) is 0 Å². The number of carbonyl (C=O) groups is 8. The molecule has 0 spiro atoms. The van der Waals surface area contributed by atoms with Gasteiger partial charge in [-0.3, -0.25) is 19.2 Å². The van der Waals surface area contributed by atoms with Crippen molar-refractivity contribution >= 4 is 47.4 Å². The van der Waals surface area contributed by atoms with E-state index >= 15 is 0 Å². The minimum absolute atomic E-state index is 0.198. The Morgan fingerprint density at radius 1 is 0.441 bits per heavy atom. The SMILES string of the molecule is CCCCCCCC(=O)c1ccc(OC(=O)OC2CCC2)c(C(=O)c2ccccc2C(=O)OOC(=O)c2ccccc2C(=O)c2cc(C(=O)CCCCCCC)ccc2OC(=O)OC2CCC2)c1. The van der Waals surface area contributed by atoms with Crippen molar-refractivity contribution in [1.82, 2.24) is 0 Å². The monoisotopic (exact) mass is 930 g/mol. The number of hydrogen-bond acceptors (Lipinski definition) is 14. The van der Waals surface area contributed by atoms with Gasteiger partial charge in [0.05, 0.1) is 22.3 Å². The average molecular weight is 931 g/mol. The summed E-state index contributed by atoms with van der Waals surface area (Å²) in [5.74, 6) is -4.99. The molecule has 68 heavy (non-hydrogen) atoms. The molecule has 6 rings (SSSR count). The van der Waals surface area contributed by atoms with Crippen molar-refractivity contribution in [1.29, 1.82) is 0 Å². The van der Waals surface area contributed by atoms with E-state index in [9.17, 15) is 38.4 Å². The lowest BCUT2D eigenvalue weighted by atomic mass is 9.94. The molecule has 0 heterocycles. The fraction of sp³-hybridized carbons (Fsp3) is 0.407. The second kappa shape index (κ2) is 25.3. The van der Waals surface area contributed by atoms with Gasteiger partial charge in [0, 0.05) is 35.1 Å². The molecule has 0 saturated heterocycles. The van der Waals surface area contributed by atoms with E-state index in [-0.39, 0.29) is 92.6 Å². The van der Waals surface area contributed by atoms with E-state index in [1.807, 2.05) is 0 Å². The molecule has 0 bridgehead atoms. The van der Waals surface area contributed by atoms with Crippen LogP contribution in [0.5, 0.6) is 11.5 Å². The van der Waals surface area contributed by atoms with E-state index in [1.54, 1.807) is 0 Å². The first kappa shape index (κ1) is 50.5. The molecule has 0 N–H and O–H groups in total. The quantitative estimate of drug-likeness (QED) is 0.0161. The summed E-state index contributed by atoms with van der Waals surface area (Å²) in [7, 11) is 0. The molecule has 2 fully saturated rings. The molecule has 0 aromatic heterocycles. The van der Waals surface area contributed by atoms with Crippen molar-refractivity contribution in [2.75, 3.05) is 0 Å². The van der Waals surface area contributed by atoms with Gasteiger partial charge in [-0.05, 0) is 99.9 Å². The van der Waals surface area contributed by atoms with Gasteiger partial charge >= 0.3 is 24.2 Å². The van der Waals surface area contributed by atoms with Crippen LogP contribution < -0.4 is 9.47 Å². The van der Waals surface area contributed by atoms with Gasteiger partial charge in [-0.15, -0.1) is 0 Å². The fourth-order valence-corrected chi connectivity index (χ4v) is 7.66. The Bertz CT molecular complexity index is 2310. The molecule has 2 aliphatic carbocycles. The van der Waals surface area contributed by atoms with Crippen molar-refractivity contribution in [2.45, 2.75) is 142 Å². The molecule has 0 atom stereocenters. The number of benzene rings is 4. The molecule has 358 valence electrons. The van der Waals surface area contributed by atoms with Crippen LogP contribution in [0, 0.1) is 0 Å². The number of unbranched alkanes of at least 4 members (excludes halogenated alkanes) is 8. The smallest absolute Gasteiger partial charge is 0.431 e. The molecule has 4 aromatic rings. The predicted molar refractivity (Wildman–Crippen MR) is 248 cm³/mol. The van der Waals surface area contributed by atoms with Gasteiger partial charge < -0.3 is 18.9 Å². The van der Waals surface area contributed by atoms with Crippen molar-refractivity contribution in [2.24, 2.45) is 0 Å². The van der Waals surface area contributed by atoms with Crippen LogP contribution in [-0.2, 0) is 19.2 Å². The maximum absolute atomic E-state index is 14.3. The summed E-state index contributed by atoms with van der Waals surface area (Å²) in [6.07, 6.45) is 11.5. The second-order valence-corrected chi connectivity index (χ2v) is 17.1. The third kappa shape index (κ3) is 13.8. The number of ether oxygens (including phenoxy) is 4. The highest BCUT2D eigenvalue weighted by atomic mass is 17.2. The van der Waals surface area contributed by atoms with E-state index in [4.69, 9.17) is 28.7 Å². The minimum atomic E-state index is -1.26. The summed E-state index contributed by atoms with van der Waals surface area (Å²) in [5.41, 5.74) is -1.14. The molecular formula is C54H58O14. The van der Waals surface area contributed by atoms with Crippen LogP contribution in [0.3, 0.4) is 0 Å². The minimum Gasteiger partial charge on any atom is -0.431 e. The van der Waals surface area contributed by atoms with Crippen LogP contribution in [0.1, 0.15) is 203 Å². The first-order valence-corrected chi connectivity index (χ1v) is 23.8. The lowest BCUT2D eigenvalue weighted by Crippen LogP contribution is -2.27. The first-order chi connectivity index (χ1) is 33.0. The highest BCUT2D eigenvalue weighted by Crippen LogP contribution is 2.31. The predicted octanol–water partition coefficient (Wildman–Crippen LogP) is 12.3. The standard InChI is InChI=1S/C54H58O14/c1-3-5-7-9-11-27-45(55)35-29-31-47(65-53(61)63-37-19-17-20-37)43(33-35)49(57)39-23-13-15-25-41(39)51(59)67-68-52(60)42-26-16-14-24-40(42)50(58)44-34-36(46(56)28-12-10-8-6-4-2)30-32-48(44)66-54(62)64-38-21-18-22-38/h13-16,23-26,29-34,37-38H,3-12,17-22,27-28H2,1-2H3. The van der Waals surface area contributed by atoms with E-state index in [1.165, 1.54) is 84.9 Å². The summed E-state index contributed by atoms with van der Waals surface area (Å²) in [6.45, 7) is 4.19. The highest BCUT2D eigenvalue weighted by Gasteiger charge is 2.30. The fourth-order valence-electron chi connectivity index (χ4n) is 7.66. The maximum Gasteiger partial charge on any atom is 0.514 e. The zero-order valence-electron chi connectivity index (χ0n) is 38.7. The zero-order chi connectivity index (χ0) is 48.4. The maximum atomic E-state index is 14.3. The molecule has 14 nitrogen and oxygen atoms in total. The van der Waals surface area contributed by atoms with Gasteiger partial charge in [-0.25, -0.2) is 29.0 Å². The Morgan fingerprint density at radius 3 is 1.16 bits per heavy atom. The number of rotatable bonds is 24. The molecule has 4 aromatic carbocycles. The molecule has 0 aliphatic heterocycles. The Morgan fingerprint density at radius 2 is 0.809 bits per heavy atom. The largest absolute Gasteiger partial charge is 0.514 e. The summed E-state index contributed by atoms with van der Waals surface area (Å²) >= 11 is 0. The Kier molecular flexibility index (Phi) is 18.7. The number of ketones is 4. The van der Waals surface area contributed by atoms with Gasteiger partial charge in [-0.1, -0.05) is 102 Å². The molecule has 2 saturated carbocycles. The van der Waals surface area contributed by atoms with E-state index in [0.717, 1.165) is 64.2 Å². The number of hydrogen-bond donors (Lipinski definition) is 0. The van der Waals surface area contributed by atoms with Crippen LogP contribution in [-0.4, -0.2) is 59.6 Å². The summed E-state index contributed by atoms with van der Waals surface area (Å²) in [4.78, 5) is 118. The molecular weight excluding hydrogens is 873 g/mol. The van der Waals surface area contributed by atoms with Crippen molar-refractivity contribution < 1.29 is 67.1 Å². The summed E-state index contributed by atoms with van der Waals surface area (Å²) in [6, 6.07) is 19.2.